The van der Waals surface area contributed by atoms with Gasteiger partial charge in [-0.25, -0.2) is 9.78 Å². The molecular weight excluding hydrogens is 361 g/mol. The topological polar surface area (TPSA) is 44.1 Å². The van der Waals surface area contributed by atoms with E-state index in [9.17, 15) is 13.6 Å². The van der Waals surface area contributed by atoms with E-state index < -0.39 is 19.1 Å². The molecule has 0 radical (unpaired) electrons. The van der Waals surface area contributed by atoms with Crippen LogP contribution < -0.4 is 0 Å². The van der Waals surface area contributed by atoms with E-state index >= 15 is 0 Å². The lowest BCUT2D eigenvalue weighted by Gasteiger charge is -2.09. The highest BCUT2D eigenvalue weighted by Crippen LogP contribution is 2.25. The second-order valence-electron chi connectivity index (χ2n) is 4.86. The van der Waals surface area contributed by atoms with Gasteiger partial charge in [0.1, 0.15) is 6.61 Å². The van der Waals surface area contributed by atoms with Crippen molar-refractivity contribution < 1.29 is 18.3 Å². The second-order valence-corrected chi connectivity index (χ2v) is 5.71. The third-order valence-corrected chi connectivity index (χ3v) is 3.91. The number of benzene rings is 2. The standard InChI is InChI=1S/C16H10Cl2F2N2O2/c17-9-5-6-11(18)10(7-9)15(23)24-8-14-21-12-3-1-2-4-13(12)22(14)16(19)20/h1-7,16H,8H2. The van der Waals surface area contributed by atoms with Crippen LogP contribution in [0, 0.1) is 0 Å². The molecule has 0 aliphatic rings. The zero-order valence-electron chi connectivity index (χ0n) is 12.0. The average molecular weight is 371 g/mol. The van der Waals surface area contributed by atoms with Gasteiger partial charge in [0, 0.05) is 5.02 Å². The highest BCUT2D eigenvalue weighted by molar-refractivity contribution is 6.35. The van der Waals surface area contributed by atoms with Gasteiger partial charge in [0.2, 0.25) is 0 Å². The highest BCUT2D eigenvalue weighted by atomic mass is 35.5. The van der Waals surface area contributed by atoms with Crippen molar-refractivity contribution in [1.29, 1.82) is 0 Å². The Morgan fingerprint density at radius 1 is 1.21 bits per heavy atom. The first-order valence-corrected chi connectivity index (χ1v) is 7.59. The molecule has 24 heavy (non-hydrogen) atoms. The largest absolute Gasteiger partial charge is 0.454 e. The minimum atomic E-state index is -2.80. The molecule has 0 atom stereocenters. The zero-order valence-corrected chi connectivity index (χ0v) is 13.6. The highest BCUT2D eigenvalue weighted by Gasteiger charge is 2.20. The summed E-state index contributed by atoms with van der Waals surface area (Å²) in [6.07, 6.45) is 0. The molecule has 3 rings (SSSR count). The van der Waals surface area contributed by atoms with Crippen LogP contribution >= 0.6 is 23.2 Å². The van der Waals surface area contributed by atoms with E-state index in [-0.39, 0.29) is 21.9 Å². The number of halogens is 4. The van der Waals surface area contributed by atoms with Crippen molar-refractivity contribution in [2.75, 3.05) is 0 Å². The number of imidazole rings is 1. The van der Waals surface area contributed by atoms with Crippen molar-refractivity contribution in [3.8, 4) is 0 Å². The molecule has 0 saturated carbocycles. The van der Waals surface area contributed by atoms with Crippen molar-refractivity contribution in [3.63, 3.8) is 0 Å². The second kappa shape index (κ2) is 6.75. The first-order valence-electron chi connectivity index (χ1n) is 6.83. The van der Waals surface area contributed by atoms with E-state index in [1.54, 1.807) is 18.2 Å². The molecule has 1 heterocycles. The van der Waals surface area contributed by atoms with Gasteiger partial charge in [-0.2, -0.15) is 8.78 Å². The van der Waals surface area contributed by atoms with E-state index in [0.717, 1.165) is 4.57 Å². The van der Waals surface area contributed by atoms with Gasteiger partial charge in [-0.05, 0) is 30.3 Å². The van der Waals surface area contributed by atoms with Crippen LogP contribution in [0.3, 0.4) is 0 Å². The van der Waals surface area contributed by atoms with Crippen LogP contribution in [0.5, 0.6) is 0 Å². The molecule has 0 N–H and O–H groups in total. The summed E-state index contributed by atoms with van der Waals surface area (Å²) in [5.41, 5.74) is 0.716. The van der Waals surface area contributed by atoms with Gasteiger partial charge >= 0.3 is 12.5 Å². The monoisotopic (exact) mass is 370 g/mol. The number of hydrogen-bond acceptors (Lipinski definition) is 3. The number of ether oxygens (including phenoxy) is 1. The number of nitrogens with zero attached hydrogens (tertiary/aromatic N) is 2. The van der Waals surface area contributed by atoms with Crippen LogP contribution in [-0.4, -0.2) is 15.5 Å². The number of aromatic nitrogens is 2. The van der Waals surface area contributed by atoms with Gasteiger partial charge in [0.15, 0.2) is 5.82 Å². The SMILES string of the molecule is O=C(OCc1nc2ccccc2n1C(F)F)c1cc(Cl)ccc1Cl. The Morgan fingerprint density at radius 3 is 2.71 bits per heavy atom. The van der Waals surface area contributed by atoms with Gasteiger partial charge in [0.05, 0.1) is 21.6 Å². The van der Waals surface area contributed by atoms with E-state index in [1.807, 2.05) is 0 Å². The number of esters is 1. The Morgan fingerprint density at radius 2 is 1.96 bits per heavy atom. The predicted molar refractivity (Wildman–Crippen MR) is 86.6 cm³/mol. The number of fused-ring (bicyclic) bond motifs is 1. The molecule has 0 amide bonds. The number of hydrogen-bond donors (Lipinski definition) is 0. The molecule has 1 aromatic heterocycles. The fourth-order valence-corrected chi connectivity index (χ4v) is 2.64. The Bertz CT molecular complexity index is 912. The van der Waals surface area contributed by atoms with Crippen LogP contribution in [0.2, 0.25) is 10.0 Å². The number of carbonyl (C=O) groups is 1. The summed E-state index contributed by atoms with van der Waals surface area (Å²) in [4.78, 5) is 16.2. The van der Waals surface area contributed by atoms with E-state index in [0.29, 0.717) is 10.5 Å². The van der Waals surface area contributed by atoms with Crippen LogP contribution in [0.1, 0.15) is 22.7 Å². The molecule has 124 valence electrons. The summed E-state index contributed by atoms with van der Waals surface area (Å²) < 4.78 is 32.4. The van der Waals surface area contributed by atoms with Crippen molar-refractivity contribution in [2.24, 2.45) is 0 Å². The third-order valence-electron chi connectivity index (χ3n) is 3.34. The van der Waals surface area contributed by atoms with Crippen molar-refractivity contribution >= 4 is 40.2 Å². The summed E-state index contributed by atoms with van der Waals surface area (Å²) >= 11 is 11.7. The van der Waals surface area contributed by atoms with E-state index in [2.05, 4.69) is 4.98 Å². The number of alkyl halides is 2. The summed E-state index contributed by atoms with van der Waals surface area (Å²) in [6, 6.07) is 10.8. The average Bonchev–Trinajstić information content (AvgIpc) is 2.93. The van der Waals surface area contributed by atoms with Gasteiger partial charge in [-0.1, -0.05) is 35.3 Å². The van der Waals surface area contributed by atoms with Gasteiger partial charge < -0.3 is 4.74 Å². The zero-order chi connectivity index (χ0) is 17.3. The Hall–Kier alpha value is -2.18. The maximum absolute atomic E-state index is 13.3. The molecule has 0 fully saturated rings. The molecule has 0 aliphatic carbocycles. The van der Waals surface area contributed by atoms with Gasteiger partial charge in [0.25, 0.3) is 0 Å². The summed E-state index contributed by atoms with van der Waals surface area (Å²) in [5.74, 6) is -0.826. The van der Waals surface area contributed by atoms with Crippen LogP contribution in [0.15, 0.2) is 42.5 Å². The summed E-state index contributed by atoms with van der Waals surface area (Å²) in [7, 11) is 0. The van der Waals surface area contributed by atoms with E-state index in [4.69, 9.17) is 27.9 Å². The van der Waals surface area contributed by atoms with Crippen molar-refractivity contribution in [1.82, 2.24) is 9.55 Å². The van der Waals surface area contributed by atoms with Crippen LogP contribution in [-0.2, 0) is 11.3 Å². The van der Waals surface area contributed by atoms with Crippen LogP contribution in [0.25, 0.3) is 11.0 Å². The molecule has 0 spiro atoms. The quantitative estimate of drug-likeness (QED) is 0.600. The first-order chi connectivity index (χ1) is 11.5. The lowest BCUT2D eigenvalue weighted by Crippen LogP contribution is -2.11. The fourth-order valence-electron chi connectivity index (χ4n) is 2.28. The molecule has 0 bridgehead atoms. The van der Waals surface area contributed by atoms with Gasteiger partial charge in [-0.3, -0.25) is 4.57 Å². The maximum atomic E-state index is 13.3. The van der Waals surface area contributed by atoms with Crippen molar-refractivity contribution in [2.45, 2.75) is 13.2 Å². The molecule has 0 saturated heterocycles. The maximum Gasteiger partial charge on any atom is 0.340 e. The van der Waals surface area contributed by atoms with Crippen molar-refractivity contribution in [3.05, 3.63) is 63.9 Å². The Kier molecular flexibility index (Phi) is 4.69. The number of para-hydroxylation sites is 2. The number of rotatable bonds is 4. The smallest absolute Gasteiger partial charge is 0.340 e. The summed E-state index contributed by atoms with van der Waals surface area (Å²) in [5, 5.41) is 0.470. The molecule has 8 heteroatoms. The number of carbonyl (C=O) groups excluding carboxylic acids is 1. The van der Waals surface area contributed by atoms with Gasteiger partial charge in [-0.15, -0.1) is 0 Å². The minimum absolute atomic E-state index is 0.0577. The molecule has 2 aromatic carbocycles. The lowest BCUT2D eigenvalue weighted by atomic mass is 10.2. The molecule has 3 aromatic rings. The Labute approximate surface area is 145 Å². The molecule has 0 unspecified atom stereocenters. The van der Waals surface area contributed by atoms with E-state index in [1.165, 1.54) is 24.3 Å². The lowest BCUT2D eigenvalue weighted by molar-refractivity contribution is 0.0387. The minimum Gasteiger partial charge on any atom is -0.454 e. The normalized spacial score (nSPS) is 11.2. The molecular formula is C16H10Cl2F2N2O2. The predicted octanol–water partition coefficient (Wildman–Crippen LogP) is 5.10. The van der Waals surface area contributed by atoms with Crippen LogP contribution in [0.4, 0.5) is 8.78 Å². The molecule has 4 nitrogen and oxygen atoms in total. The summed E-state index contributed by atoms with van der Waals surface area (Å²) in [6.45, 7) is -3.22. The molecule has 0 aliphatic heterocycles. The Balaban J connectivity index is 1.86. The first kappa shape index (κ1) is 16.7. The fraction of sp³-hybridized carbons (Fsp3) is 0.125. The third kappa shape index (κ3) is 3.20.